The first-order valence-electron chi connectivity index (χ1n) is 11.8. The first-order valence-corrected chi connectivity index (χ1v) is 11.8. The number of para-hydroxylation sites is 2. The molecule has 7 aromatic rings. The smallest absolute Gasteiger partial charge is 0.263 e. The largest absolute Gasteiger partial charge is 0.313 e. The molecule has 3 heteroatoms. The average molecular weight is 437 g/mol. The Labute approximate surface area is 195 Å². The van der Waals surface area contributed by atoms with Gasteiger partial charge in [-0.3, -0.25) is 9.20 Å². The minimum absolute atomic E-state index is 0.0518. The highest BCUT2D eigenvalue weighted by atomic mass is 16.1. The van der Waals surface area contributed by atoms with Crippen LogP contribution in [0.25, 0.3) is 60.6 Å². The average Bonchev–Trinajstić information content (AvgIpc) is 3.41. The third kappa shape index (κ3) is 2.14. The first-order chi connectivity index (χ1) is 16.8. The minimum atomic E-state index is 0.0518. The molecule has 4 aromatic carbocycles. The molecule has 0 saturated heterocycles. The molecule has 34 heavy (non-hydrogen) atoms. The summed E-state index contributed by atoms with van der Waals surface area (Å²) in [7, 11) is 0. The summed E-state index contributed by atoms with van der Waals surface area (Å²) < 4.78 is 4.35. The number of aromatic nitrogens is 2. The lowest BCUT2D eigenvalue weighted by Gasteiger charge is -2.15. The van der Waals surface area contributed by atoms with Crippen LogP contribution in [0.4, 0.5) is 0 Å². The van der Waals surface area contributed by atoms with Gasteiger partial charge in [0.25, 0.3) is 5.56 Å². The van der Waals surface area contributed by atoms with Gasteiger partial charge < -0.3 is 4.57 Å². The van der Waals surface area contributed by atoms with Crippen molar-refractivity contribution in [3.8, 4) is 5.69 Å². The van der Waals surface area contributed by atoms with Crippen LogP contribution in [0.3, 0.4) is 0 Å². The minimum Gasteiger partial charge on any atom is -0.313 e. The van der Waals surface area contributed by atoms with Gasteiger partial charge in [0, 0.05) is 43.9 Å². The first kappa shape index (κ1) is 18.1. The Morgan fingerprint density at radius 3 is 2.12 bits per heavy atom. The van der Waals surface area contributed by atoms with Crippen molar-refractivity contribution in [1.82, 2.24) is 8.97 Å². The molecule has 1 aliphatic carbocycles. The SMILES string of the molecule is O=c1c2ccccc2c2cc(-n3c4c(c5ccccc53)C=CCC4)cc3c4ccccc4n1c23. The van der Waals surface area contributed by atoms with Gasteiger partial charge in [-0.25, -0.2) is 0 Å². The molecule has 1 aliphatic rings. The molecule has 0 spiro atoms. The number of nitrogens with zero attached hydrogens (tertiary/aromatic N) is 2. The molecule has 0 atom stereocenters. The van der Waals surface area contributed by atoms with Gasteiger partial charge in [-0.2, -0.15) is 0 Å². The molecule has 0 bridgehead atoms. The molecule has 0 saturated carbocycles. The quantitative estimate of drug-likeness (QED) is 0.252. The predicted molar refractivity (Wildman–Crippen MR) is 142 cm³/mol. The number of hydrogen-bond donors (Lipinski definition) is 0. The van der Waals surface area contributed by atoms with Crippen molar-refractivity contribution in [2.75, 3.05) is 0 Å². The van der Waals surface area contributed by atoms with Crippen LogP contribution in [0.15, 0.2) is 95.8 Å². The predicted octanol–water partition coefficient (Wildman–Crippen LogP) is 7.10. The second-order valence-corrected chi connectivity index (χ2v) is 9.25. The standard InChI is InChI=1S/C31H20N2O/c34-31-24-13-2-1-9-20(24)25-17-19(18-26-23-12-5-8-16-29(23)33(31)30(25)26)32-27-14-6-3-10-21(27)22-11-4-7-15-28(22)32/h1-6,8-14,16-18H,7,15H2. The van der Waals surface area contributed by atoms with Crippen LogP contribution in [-0.4, -0.2) is 8.97 Å². The lowest BCUT2D eigenvalue weighted by molar-refractivity contribution is 0.890. The molecule has 0 amide bonds. The van der Waals surface area contributed by atoms with Crippen molar-refractivity contribution in [3.05, 3.63) is 113 Å². The van der Waals surface area contributed by atoms with Gasteiger partial charge in [0.05, 0.1) is 16.6 Å². The Balaban J connectivity index is 1.64. The summed E-state index contributed by atoms with van der Waals surface area (Å²) in [6, 6.07) is 29.5. The van der Waals surface area contributed by atoms with Crippen LogP contribution in [0.2, 0.25) is 0 Å². The van der Waals surface area contributed by atoms with E-state index in [0.29, 0.717) is 0 Å². The van der Waals surface area contributed by atoms with Gasteiger partial charge in [-0.15, -0.1) is 0 Å². The van der Waals surface area contributed by atoms with Gasteiger partial charge in [-0.1, -0.05) is 66.7 Å². The van der Waals surface area contributed by atoms with E-state index in [4.69, 9.17) is 0 Å². The molecule has 160 valence electrons. The zero-order valence-corrected chi connectivity index (χ0v) is 18.5. The van der Waals surface area contributed by atoms with Crippen LogP contribution in [-0.2, 0) is 6.42 Å². The van der Waals surface area contributed by atoms with E-state index in [9.17, 15) is 4.79 Å². The molecule has 3 nitrogen and oxygen atoms in total. The Morgan fingerprint density at radius 1 is 0.647 bits per heavy atom. The Morgan fingerprint density at radius 2 is 1.29 bits per heavy atom. The molecule has 8 rings (SSSR count). The monoisotopic (exact) mass is 436 g/mol. The van der Waals surface area contributed by atoms with Crippen LogP contribution in [0.1, 0.15) is 17.7 Å². The van der Waals surface area contributed by atoms with Crippen LogP contribution < -0.4 is 5.56 Å². The maximum atomic E-state index is 13.6. The van der Waals surface area contributed by atoms with Gasteiger partial charge in [0.1, 0.15) is 0 Å². The lowest BCUT2D eigenvalue weighted by Crippen LogP contribution is -2.13. The summed E-state index contributed by atoms with van der Waals surface area (Å²) in [5.41, 5.74) is 7.11. The number of hydrogen-bond acceptors (Lipinski definition) is 1. The molecular weight excluding hydrogens is 416 g/mol. The molecule has 3 aromatic heterocycles. The van der Waals surface area contributed by atoms with E-state index in [1.165, 1.54) is 22.2 Å². The number of fused-ring (bicyclic) bond motifs is 8. The van der Waals surface area contributed by atoms with E-state index in [1.807, 2.05) is 28.7 Å². The van der Waals surface area contributed by atoms with Crippen LogP contribution in [0, 0.1) is 0 Å². The zero-order valence-electron chi connectivity index (χ0n) is 18.5. The maximum Gasteiger partial charge on any atom is 0.263 e. The van der Waals surface area contributed by atoms with E-state index in [0.717, 1.165) is 56.5 Å². The summed E-state index contributed by atoms with van der Waals surface area (Å²) in [4.78, 5) is 13.6. The van der Waals surface area contributed by atoms with Crippen molar-refractivity contribution in [3.63, 3.8) is 0 Å². The fourth-order valence-corrected chi connectivity index (χ4v) is 6.12. The van der Waals surface area contributed by atoms with Gasteiger partial charge in [0.15, 0.2) is 0 Å². The summed E-state index contributed by atoms with van der Waals surface area (Å²) in [5, 5.41) is 6.44. The fraction of sp³-hybridized carbons (Fsp3) is 0.0645. The Kier molecular flexibility index (Phi) is 3.39. The number of pyridine rings is 1. The van der Waals surface area contributed by atoms with E-state index < -0.39 is 0 Å². The van der Waals surface area contributed by atoms with Crippen molar-refractivity contribution < 1.29 is 0 Å². The van der Waals surface area contributed by atoms with Crippen molar-refractivity contribution in [2.24, 2.45) is 0 Å². The molecule has 0 aliphatic heterocycles. The van der Waals surface area contributed by atoms with Gasteiger partial charge in [-0.05, 0) is 48.6 Å². The molecule has 3 heterocycles. The Hall–Kier alpha value is -4.37. The second kappa shape index (κ2) is 6.36. The third-order valence-corrected chi connectivity index (χ3v) is 7.51. The number of allylic oxidation sites excluding steroid dienone is 1. The summed E-state index contributed by atoms with van der Waals surface area (Å²) in [6.45, 7) is 0. The summed E-state index contributed by atoms with van der Waals surface area (Å²) >= 11 is 0. The molecule has 0 fully saturated rings. The highest BCUT2D eigenvalue weighted by molar-refractivity contribution is 6.21. The van der Waals surface area contributed by atoms with Crippen molar-refractivity contribution >= 4 is 54.9 Å². The number of rotatable bonds is 1. The highest BCUT2D eigenvalue weighted by Gasteiger charge is 2.22. The molecule has 0 N–H and O–H groups in total. The maximum absolute atomic E-state index is 13.6. The van der Waals surface area contributed by atoms with Crippen LogP contribution in [0.5, 0.6) is 0 Å². The van der Waals surface area contributed by atoms with Crippen LogP contribution >= 0.6 is 0 Å². The molecule has 0 unspecified atom stereocenters. The van der Waals surface area contributed by atoms with E-state index in [-0.39, 0.29) is 5.56 Å². The third-order valence-electron chi connectivity index (χ3n) is 7.51. The normalized spacial score (nSPS) is 13.6. The highest BCUT2D eigenvalue weighted by Crippen LogP contribution is 2.39. The number of benzene rings is 4. The molecule has 0 radical (unpaired) electrons. The van der Waals surface area contributed by atoms with Gasteiger partial charge in [0.2, 0.25) is 0 Å². The van der Waals surface area contributed by atoms with E-state index in [1.54, 1.807) is 0 Å². The summed E-state index contributed by atoms with van der Waals surface area (Å²) in [5.74, 6) is 0. The zero-order chi connectivity index (χ0) is 22.4. The second-order valence-electron chi connectivity index (χ2n) is 9.25. The van der Waals surface area contributed by atoms with Crippen molar-refractivity contribution in [1.29, 1.82) is 0 Å². The fourth-order valence-electron chi connectivity index (χ4n) is 6.12. The van der Waals surface area contributed by atoms with E-state index >= 15 is 0 Å². The van der Waals surface area contributed by atoms with Crippen molar-refractivity contribution in [2.45, 2.75) is 12.8 Å². The lowest BCUT2D eigenvalue weighted by atomic mass is 10.0. The Bertz CT molecular complexity index is 2040. The molecular formula is C31H20N2O. The topological polar surface area (TPSA) is 26.4 Å². The van der Waals surface area contributed by atoms with Gasteiger partial charge >= 0.3 is 0 Å². The summed E-state index contributed by atoms with van der Waals surface area (Å²) in [6.07, 6.45) is 6.63. The van der Waals surface area contributed by atoms with E-state index in [2.05, 4.69) is 77.4 Å².